The van der Waals surface area contributed by atoms with E-state index >= 15 is 0 Å². The second-order valence-electron chi connectivity index (χ2n) is 3.70. The maximum atomic E-state index is 11.2. The first-order valence-corrected chi connectivity index (χ1v) is 6.14. The summed E-state index contributed by atoms with van der Waals surface area (Å²) in [4.78, 5) is 11.2. The zero-order chi connectivity index (χ0) is 12.8. The number of carbonyl (C=O) groups excluding carboxylic acids is 1. The molecule has 0 spiro atoms. The molecule has 2 N–H and O–H groups in total. The second-order valence-corrected chi connectivity index (χ2v) is 4.62. The predicted octanol–water partition coefficient (Wildman–Crippen LogP) is 1.60. The van der Waals surface area contributed by atoms with Crippen molar-refractivity contribution >= 4 is 21.8 Å². The highest BCUT2D eigenvalue weighted by Gasteiger charge is 2.10. The minimum absolute atomic E-state index is 0.0374. The molecular formula is C12H17BrN2O2. The molecule has 0 heterocycles. The van der Waals surface area contributed by atoms with Crippen molar-refractivity contribution in [3.63, 3.8) is 0 Å². The number of benzene rings is 1. The molecule has 0 aliphatic carbocycles. The normalized spacial score (nSPS) is 10.1. The fraction of sp³-hybridized carbons (Fsp3) is 0.417. The van der Waals surface area contributed by atoms with Crippen molar-refractivity contribution in [1.82, 2.24) is 10.6 Å². The maximum absolute atomic E-state index is 11.2. The Hall–Kier alpha value is -1.07. The van der Waals surface area contributed by atoms with Crippen molar-refractivity contribution in [3.8, 4) is 5.75 Å². The number of rotatable bonds is 5. The van der Waals surface area contributed by atoms with E-state index in [9.17, 15) is 4.79 Å². The Kier molecular flexibility index (Phi) is 5.44. The van der Waals surface area contributed by atoms with E-state index in [1.807, 2.05) is 26.1 Å². The number of hydrogen-bond acceptors (Lipinski definition) is 3. The van der Waals surface area contributed by atoms with Crippen LogP contribution in [0.2, 0.25) is 0 Å². The molecular weight excluding hydrogens is 284 g/mol. The number of halogens is 1. The van der Waals surface area contributed by atoms with E-state index < -0.39 is 0 Å². The third-order valence-electron chi connectivity index (χ3n) is 2.31. The van der Waals surface area contributed by atoms with Gasteiger partial charge in [0.15, 0.2) is 6.61 Å². The average Bonchev–Trinajstić information content (AvgIpc) is 2.27. The highest BCUT2D eigenvalue weighted by molar-refractivity contribution is 9.10. The van der Waals surface area contributed by atoms with E-state index in [-0.39, 0.29) is 12.5 Å². The Bertz CT molecular complexity index is 408. The van der Waals surface area contributed by atoms with Gasteiger partial charge in [0.1, 0.15) is 5.75 Å². The van der Waals surface area contributed by atoms with E-state index in [1.54, 1.807) is 7.05 Å². The van der Waals surface area contributed by atoms with Crippen molar-refractivity contribution in [1.29, 1.82) is 0 Å². The monoisotopic (exact) mass is 300 g/mol. The Morgan fingerprint density at radius 2 is 2.12 bits per heavy atom. The third-order valence-corrected chi connectivity index (χ3v) is 2.77. The molecule has 5 heteroatoms. The zero-order valence-electron chi connectivity index (χ0n) is 10.3. The number of aryl methyl sites for hydroxylation is 1. The number of nitrogens with one attached hydrogen (secondary N) is 2. The van der Waals surface area contributed by atoms with Gasteiger partial charge in [-0.05, 0) is 31.7 Å². The van der Waals surface area contributed by atoms with Crippen molar-refractivity contribution in [2.45, 2.75) is 13.5 Å². The molecule has 1 aromatic rings. The summed E-state index contributed by atoms with van der Waals surface area (Å²) in [6.07, 6.45) is 0. The van der Waals surface area contributed by atoms with Gasteiger partial charge in [-0.1, -0.05) is 15.9 Å². The molecule has 0 unspecified atom stereocenters. The third kappa shape index (κ3) is 4.02. The van der Waals surface area contributed by atoms with Gasteiger partial charge in [-0.15, -0.1) is 0 Å². The molecule has 1 aromatic carbocycles. The number of carbonyl (C=O) groups is 1. The molecule has 4 nitrogen and oxygen atoms in total. The van der Waals surface area contributed by atoms with Gasteiger partial charge in [-0.2, -0.15) is 0 Å². The van der Waals surface area contributed by atoms with E-state index in [1.165, 1.54) is 0 Å². The van der Waals surface area contributed by atoms with Crippen LogP contribution >= 0.6 is 15.9 Å². The lowest BCUT2D eigenvalue weighted by molar-refractivity contribution is -0.122. The van der Waals surface area contributed by atoms with Crippen molar-refractivity contribution in [2.75, 3.05) is 20.7 Å². The lowest BCUT2D eigenvalue weighted by atomic mass is 10.1. The zero-order valence-corrected chi connectivity index (χ0v) is 11.8. The Labute approximate surface area is 110 Å². The van der Waals surface area contributed by atoms with E-state index in [0.717, 1.165) is 21.3 Å². The fourth-order valence-electron chi connectivity index (χ4n) is 1.54. The first-order chi connectivity index (χ1) is 8.08. The molecule has 0 saturated heterocycles. The van der Waals surface area contributed by atoms with Crippen LogP contribution in [0, 0.1) is 6.92 Å². The van der Waals surface area contributed by atoms with Crippen LogP contribution in [0.25, 0.3) is 0 Å². The van der Waals surface area contributed by atoms with Gasteiger partial charge >= 0.3 is 0 Å². The molecule has 0 aromatic heterocycles. The van der Waals surface area contributed by atoms with Crippen LogP contribution in [0.3, 0.4) is 0 Å². The Balaban J connectivity index is 2.91. The largest absolute Gasteiger partial charge is 0.483 e. The summed E-state index contributed by atoms with van der Waals surface area (Å²) in [6.45, 7) is 2.70. The summed E-state index contributed by atoms with van der Waals surface area (Å²) in [7, 11) is 3.47. The average molecular weight is 301 g/mol. The Morgan fingerprint density at radius 1 is 1.41 bits per heavy atom. The number of amides is 1. The maximum Gasteiger partial charge on any atom is 0.257 e. The second kappa shape index (κ2) is 6.61. The van der Waals surface area contributed by atoms with Gasteiger partial charge in [0.2, 0.25) is 0 Å². The first kappa shape index (κ1) is 14.0. The SMILES string of the molecule is CNCc1cc(Br)cc(C)c1OCC(=O)NC. The molecule has 0 fully saturated rings. The molecule has 0 atom stereocenters. The van der Waals surface area contributed by atoms with E-state index in [4.69, 9.17) is 4.74 Å². The summed E-state index contributed by atoms with van der Waals surface area (Å²) >= 11 is 3.45. The molecule has 17 heavy (non-hydrogen) atoms. The van der Waals surface area contributed by atoms with Gasteiger partial charge < -0.3 is 15.4 Å². The van der Waals surface area contributed by atoms with Gasteiger partial charge in [-0.25, -0.2) is 0 Å². The smallest absolute Gasteiger partial charge is 0.257 e. The first-order valence-electron chi connectivity index (χ1n) is 5.35. The molecule has 0 aliphatic rings. The number of likely N-dealkylation sites (N-methyl/N-ethyl adjacent to an activating group) is 1. The van der Waals surface area contributed by atoms with Gasteiger partial charge in [0.25, 0.3) is 5.91 Å². The molecule has 94 valence electrons. The summed E-state index contributed by atoms with van der Waals surface area (Å²) in [6, 6.07) is 3.96. The standard InChI is InChI=1S/C12H17BrN2O2/c1-8-4-10(13)5-9(6-14-2)12(8)17-7-11(16)15-3/h4-5,14H,6-7H2,1-3H3,(H,15,16). The van der Waals surface area contributed by atoms with Crippen LogP contribution in [0.4, 0.5) is 0 Å². The predicted molar refractivity (Wildman–Crippen MR) is 71.2 cm³/mol. The lowest BCUT2D eigenvalue weighted by Gasteiger charge is -2.14. The topological polar surface area (TPSA) is 50.4 Å². The van der Waals surface area contributed by atoms with E-state index in [0.29, 0.717) is 6.54 Å². The Morgan fingerprint density at radius 3 is 2.71 bits per heavy atom. The van der Waals surface area contributed by atoms with Crippen LogP contribution in [-0.2, 0) is 11.3 Å². The van der Waals surface area contributed by atoms with Crippen LogP contribution in [0.15, 0.2) is 16.6 Å². The minimum atomic E-state index is -0.136. The van der Waals surface area contributed by atoms with Crippen molar-refractivity contribution in [3.05, 3.63) is 27.7 Å². The van der Waals surface area contributed by atoms with E-state index in [2.05, 4.69) is 26.6 Å². The van der Waals surface area contributed by atoms with Crippen LogP contribution < -0.4 is 15.4 Å². The van der Waals surface area contributed by atoms with Crippen molar-refractivity contribution in [2.24, 2.45) is 0 Å². The lowest BCUT2D eigenvalue weighted by Crippen LogP contribution is -2.25. The molecule has 1 rings (SSSR count). The van der Waals surface area contributed by atoms with Crippen LogP contribution in [-0.4, -0.2) is 26.6 Å². The minimum Gasteiger partial charge on any atom is -0.483 e. The van der Waals surface area contributed by atoms with Gasteiger partial charge in [-0.3, -0.25) is 4.79 Å². The van der Waals surface area contributed by atoms with Crippen LogP contribution in [0.5, 0.6) is 5.75 Å². The fourth-order valence-corrected chi connectivity index (χ4v) is 2.16. The highest BCUT2D eigenvalue weighted by Crippen LogP contribution is 2.28. The van der Waals surface area contributed by atoms with Gasteiger partial charge in [0.05, 0.1) is 0 Å². The summed E-state index contributed by atoms with van der Waals surface area (Å²) in [5, 5.41) is 5.61. The summed E-state index contributed by atoms with van der Waals surface area (Å²) < 4.78 is 6.56. The molecule has 0 saturated carbocycles. The molecule has 0 radical (unpaired) electrons. The quantitative estimate of drug-likeness (QED) is 0.868. The summed E-state index contributed by atoms with van der Waals surface area (Å²) in [5.74, 6) is 0.633. The van der Waals surface area contributed by atoms with Gasteiger partial charge in [0, 0.05) is 23.6 Å². The highest BCUT2D eigenvalue weighted by atomic mass is 79.9. The molecule has 0 bridgehead atoms. The number of hydrogen-bond donors (Lipinski definition) is 2. The number of ether oxygens (including phenoxy) is 1. The van der Waals surface area contributed by atoms with Crippen LogP contribution in [0.1, 0.15) is 11.1 Å². The molecule has 1 amide bonds. The summed E-state index contributed by atoms with van der Waals surface area (Å²) in [5.41, 5.74) is 2.04. The molecule has 0 aliphatic heterocycles. The van der Waals surface area contributed by atoms with Crippen molar-refractivity contribution < 1.29 is 9.53 Å².